The van der Waals surface area contributed by atoms with Gasteiger partial charge in [0.15, 0.2) is 5.13 Å². The lowest BCUT2D eigenvalue weighted by Crippen LogP contribution is -1.95. The van der Waals surface area contributed by atoms with Crippen molar-refractivity contribution < 1.29 is 4.74 Å². The Hall–Kier alpha value is -1.55. The SMILES string of the molecule is CCC(C)c1ccc(OC)c(-c2csc(N)n2)c1. The average molecular weight is 262 g/mol. The molecule has 1 heterocycles. The van der Waals surface area contributed by atoms with Crippen molar-refractivity contribution in [2.24, 2.45) is 0 Å². The largest absolute Gasteiger partial charge is 0.496 e. The van der Waals surface area contributed by atoms with E-state index >= 15 is 0 Å². The second-order valence-electron chi connectivity index (χ2n) is 4.34. The van der Waals surface area contributed by atoms with Crippen LogP contribution in [0.3, 0.4) is 0 Å². The van der Waals surface area contributed by atoms with Gasteiger partial charge in [-0.2, -0.15) is 0 Å². The molecule has 0 aliphatic heterocycles. The first-order valence-corrected chi connectivity index (χ1v) is 6.93. The molecule has 0 saturated heterocycles. The molecule has 0 amide bonds. The molecule has 18 heavy (non-hydrogen) atoms. The molecule has 0 spiro atoms. The molecule has 1 unspecified atom stereocenters. The van der Waals surface area contributed by atoms with E-state index in [1.54, 1.807) is 7.11 Å². The lowest BCUT2D eigenvalue weighted by molar-refractivity contribution is 0.416. The van der Waals surface area contributed by atoms with Crippen LogP contribution >= 0.6 is 11.3 Å². The van der Waals surface area contributed by atoms with Crippen molar-refractivity contribution in [2.45, 2.75) is 26.2 Å². The predicted molar refractivity (Wildman–Crippen MR) is 77.2 cm³/mol. The highest BCUT2D eigenvalue weighted by molar-refractivity contribution is 7.13. The molecular formula is C14H18N2OS. The Balaban J connectivity index is 2.49. The normalized spacial score (nSPS) is 12.4. The lowest BCUT2D eigenvalue weighted by Gasteiger charge is -2.13. The molecule has 0 aliphatic carbocycles. The van der Waals surface area contributed by atoms with Crippen molar-refractivity contribution in [3.63, 3.8) is 0 Å². The zero-order chi connectivity index (χ0) is 13.1. The maximum absolute atomic E-state index is 5.70. The number of rotatable bonds is 4. The maximum atomic E-state index is 5.70. The van der Waals surface area contributed by atoms with Crippen LogP contribution in [0.1, 0.15) is 31.7 Å². The van der Waals surface area contributed by atoms with Crippen LogP contribution in [0, 0.1) is 0 Å². The summed E-state index contributed by atoms with van der Waals surface area (Å²) in [5.74, 6) is 1.37. The number of hydrogen-bond donors (Lipinski definition) is 1. The summed E-state index contributed by atoms with van der Waals surface area (Å²) >= 11 is 1.45. The monoisotopic (exact) mass is 262 g/mol. The number of nitrogens with two attached hydrogens (primary N) is 1. The van der Waals surface area contributed by atoms with Gasteiger partial charge in [-0.1, -0.05) is 19.9 Å². The Morgan fingerprint density at radius 1 is 1.44 bits per heavy atom. The zero-order valence-electron chi connectivity index (χ0n) is 10.9. The van der Waals surface area contributed by atoms with Crippen LogP contribution in [-0.4, -0.2) is 12.1 Å². The third-order valence-electron chi connectivity index (χ3n) is 3.20. The van der Waals surface area contributed by atoms with Gasteiger partial charge >= 0.3 is 0 Å². The van der Waals surface area contributed by atoms with E-state index in [0.717, 1.165) is 23.4 Å². The number of anilines is 1. The van der Waals surface area contributed by atoms with E-state index in [9.17, 15) is 0 Å². The van der Waals surface area contributed by atoms with Crippen LogP contribution in [0.15, 0.2) is 23.6 Å². The van der Waals surface area contributed by atoms with Crippen LogP contribution in [0.25, 0.3) is 11.3 Å². The summed E-state index contributed by atoms with van der Waals surface area (Å²) in [5.41, 5.74) is 8.91. The fourth-order valence-corrected chi connectivity index (χ4v) is 2.44. The second kappa shape index (κ2) is 5.40. The van der Waals surface area contributed by atoms with Crippen molar-refractivity contribution in [1.82, 2.24) is 4.98 Å². The molecule has 1 aromatic heterocycles. The van der Waals surface area contributed by atoms with E-state index in [4.69, 9.17) is 10.5 Å². The summed E-state index contributed by atoms with van der Waals surface area (Å²) in [7, 11) is 1.68. The van der Waals surface area contributed by atoms with Crippen molar-refractivity contribution >= 4 is 16.5 Å². The molecule has 0 fully saturated rings. The Bertz CT molecular complexity index is 536. The van der Waals surface area contributed by atoms with Gasteiger partial charge in [-0.3, -0.25) is 0 Å². The number of ether oxygens (including phenoxy) is 1. The fourth-order valence-electron chi connectivity index (χ4n) is 1.88. The number of nitrogen functional groups attached to an aromatic ring is 1. The first-order valence-electron chi connectivity index (χ1n) is 6.05. The Morgan fingerprint density at radius 3 is 2.78 bits per heavy atom. The summed E-state index contributed by atoms with van der Waals surface area (Å²) < 4.78 is 5.40. The number of hydrogen-bond acceptors (Lipinski definition) is 4. The second-order valence-corrected chi connectivity index (χ2v) is 5.23. The van der Waals surface area contributed by atoms with Crippen LogP contribution in [0.4, 0.5) is 5.13 Å². The van der Waals surface area contributed by atoms with Gasteiger partial charge in [0, 0.05) is 10.9 Å². The van der Waals surface area contributed by atoms with E-state index < -0.39 is 0 Å². The summed E-state index contributed by atoms with van der Waals surface area (Å²) in [6, 6.07) is 6.28. The average Bonchev–Trinajstić information content (AvgIpc) is 2.83. The molecule has 2 N–H and O–H groups in total. The molecule has 0 saturated carbocycles. The summed E-state index contributed by atoms with van der Waals surface area (Å²) in [6.45, 7) is 4.41. The molecule has 1 atom stereocenters. The van der Waals surface area contributed by atoms with Gasteiger partial charge in [0.2, 0.25) is 0 Å². The quantitative estimate of drug-likeness (QED) is 0.908. The number of aromatic nitrogens is 1. The van der Waals surface area contributed by atoms with Gasteiger partial charge < -0.3 is 10.5 Å². The molecule has 0 radical (unpaired) electrons. The van der Waals surface area contributed by atoms with E-state index in [1.807, 2.05) is 11.4 Å². The Morgan fingerprint density at radius 2 is 2.22 bits per heavy atom. The standard InChI is InChI=1S/C14H18N2OS/c1-4-9(2)10-5-6-13(17-3)11(7-10)12-8-18-14(15)16-12/h5-9H,4H2,1-3H3,(H2,15,16). The molecule has 96 valence electrons. The van der Waals surface area contributed by atoms with Crippen LogP contribution < -0.4 is 10.5 Å². The summed E-state index contributed by atoms with van der Waals surface area (Å²) in [4.78, 5) is 4.33. The van der Waals surface area contributed by atoms with Gasteiger partial charge in [-0.15, -0.1) is 11.3 Å². The van der Waals surface area contributed by atoms with Gasteiger partial charge in [-0.05, 0) is 30.0 Å². The molecule has 0 aliphatic rings. The molecule has 4 heteroatoms. The van der Waals surface area contributed by atoms with Crippen molar-refractivity contribution in [3.05, 3.63) is 29.1 Å². The molecule has 2 rings (SSSR count). The van der Waals surface area contributed by atoms with Crippen molar-refractivity contribution in [2.75, 3.05) is 12.8 Å². The van der Waals surface area contributed by atoms with E-state index in [0.29, 0.717) is 11.0 Å². The van der Waals surface area contributed by atoms with Crippen LogP contribution in [0.2, 0.25) is 0 Å². The zero-order valence-corrected chi connectivity index (χ0v) is 11.8. The summed E-state index contributed by atoms with van der Waals surface area (Å²) in [6.07, 6.45) is 1.12. The molecule has 2 aromatic rings. The minimum absolute atomic E-state index is 0.533. The van der Waals surface area contributed by atoms with E-state index in [1.165, 1.54) is 16.9 Å². The lowest BCUT2D eigenvalue weighted by atomic mass is 9.96. The Labute approximate surface area is 112 Å². The summed E-state index contributed by atoms with van der Waals surface area (Å²) in [5, 5.41) is 2.55. The highest BCUT2D eigenvalue weighted by atomic mass is 32.1. The van der Waals surface area contributed by atoms with Crippen LogP contribution in [0.5, 0.6) is 5.75 Å². The molecule has 3 nitrogen and oxygen atoms in total. The minimum Gasteiger partial charge on any atom is -0.496 e. The number of nitrogens with zero attached hydrogens (tertiary/aromatic N) is 1. The minimum atomic E-state index is 0.533. The fraction of sp³-hybridized carbons (Fsp3) is 0.357. The number of methoxy groups -OCH3 is 1. The highest BCUT2D eigenvalue weighted by Gasteiger charge is 2.12. The molecule has 0 bridgehead atoms. The third-order valence-corrected chi connectivity index (χ3v) is 3.88. The Kier molecular flexibility index (Phi) is 3.87. The van der Waals surface area contributed by atoms with E-state index in [-0.39, 0.29) is 0 Å². The van der Waals surface area contributed by atoms with Crippen molar-refractivity contribution in [1.29, 1.82) is 0 Å². The number of thiazole rings is 1. The van der Waals surface area contributed by atoms with Gasteiger partial charge in [0.05, 0.1) is 12.8 Å². The molecule has 1 aromatic carbocycles. The first-order chi connectivity index (χ1) is 8.65. The molecular weight excluding hydrogens is 244 g/mol. The van der Waals surface area contributed by atoms with Gasteiger partial charge in [0.1, 0.15) is 5.75 Å². The first kappa shape index (κ1) is 12.9. The number of benzene rings is 1. The predicted octanol–water partition coefficient (Wildman–Crippen LogP) is 3.91. The van der Waals surface area contributed by atoms with Gasteiger partial charge in [0.25, 0.3) is 0 Å². The smallest absolute Gasteiger partial charge is 0.180 e. The third kappa shape index (κ3) is 2.48. The van der Waals surface area contributed by atoms with Crippen LogP contribution in [-0.2, 0) is 0 Å². The van der Waals surface area contributed by atoms with Crippen molar-refractivity contribution in [3.8, 4) is 17.0 Å². The topological polar surface area (TPSA) is 48.1 Å². The maximum Gasteiger partial charge on any atom is 0.180 e. The van der Waals surface area contributed by atoms with Gasteiger partial charge in [-0.25, -0.2) is 4.98 Å². The highest BCUT2D eigenvalue weighted by Crippen LogP contribution is 2.34. The van der Waals surface area contributed by atoms with E-state index in [2.05, 4.69) is 31.0 Å².